The van der Waals surface area contributed by atoms with E-state index >= 15 is 0 Å². The number of phenolic OH excluding ortho intramolecular Hbond substituents is 1. The lowest BCUT2D eigenvalue weighted by Crippen LogP contribution is -2.26. The summed E-state index contributed by atoms with van der Waals surface area (Å²) in [6, 6.07) is 6.98. The van der Waals surface area contributed by atoms with Crippen molar-refractivity contribution in [3.05, 3.63) is 56.4 Å². The zero-order valence-electron chi connectivity index (χ0n) is 16.1. The van der Waals surface area contributed by atoms with Crippen LogP contribution in [0.5, 0.6) is 5.75 Å². The molecular weight excluding hydrogens is 374 g/mol. The van der Waals surface area contributed by atoms with Crippen LogP contribution in [0.25, 0.3) is 10.2 Å². The van der Waals surface area contributed by atoms with Gasteiger partial charge < -0.3 is 10.0 Å². The number of amides is 1. The fraction of sp³-hybridized carbons (Fsp3) is 0.381. The number of benzene rings is 1. The zero-order valence-corrected chi connectivity index (χ0v) is 16.9. The Labute approximate surface area is 167 Å². The van der Waals surface area contributed by atoms with E-state index in [1.807, 2.05) is 13.0 Å². The molecule has 0 bridgehead atoms. The molecule has 0 saturated carbocycles. The molecule has 3 aromatic rings. The van der Waals surface area contributed by atoms with Gasteiger partial charge in [0.05, 0.1) is 10.3 Å². The third kappa shape index (κ3) is 3.20. The van der Waals surface area contributed by atoms with Crippen molar-refractivity contribution < 1.29 is 9.90 Å². The lowest BCUT2D eigenvalue weighted by atomic mass is 10.1. The number of thiophene rings is 1. The summed E-state index contributed by atoms with van der Waals surface area (Å²) >= 11 is 1.29. The van der Waals surface area contributed by atoms with Crippen molar-refractivity contribution in [3.63, 3.8) is 0 Å². The summed E-state index contributed by atoms with van der Waals surface area (Å²) in [5.41, 5.74) is 1.35. The topological polar surface area (TPSA) is 75.4 Å². The van der Waals surface area contributed by atoms with Crippen LogP contribution in [-0.4, -0.2) is 32.5 Å². The van der Waals surface area contributed by atoms with Gasteiger partial charge in [-0.3, -0.25) is 14.2 Å². The minimum atomic E-state index is -0.164. The molecule has 1 amide bonds. The Morgan fingerprint density at radius 2 is 2.07 bits per heavy atom. The normalized spacial score (nSPS) is 13.9. The van der Waals surface area contributed by atoms with Gasteiger partial charge in [-0.15, -0.1) is 11.3 Å². The summed E-state index contributed by atoms with van der Waals surface area (Å²) in [4.78, 5) is 33.6. The average molecular weight is 398 g/mol. The molecule has 0 atom stereocenters. The molecule has 0 unspecified atom stereocenters. The van der Waals surface area contributed by atoms with Gasteiger partial charge >= 0.3 is 0 Å². The quantitative estimate of drug-likeness (QED) is 0.734. The molecule has 4 rings (SSSR count). The molecule has 1 N–H and O–H groups in total. The Morgan fingerprint density at radius 3 is 2.86 bits per heavy atom. The van der Waals surface area contributed by atoms with E-state index in [0.717, 1.165) is 31.5 Å². The molecule has 1 aliphatic rings. The summed E-state index contributed by atoms with van der Waals surface area (Å²) < 4.78 is 1.79. The highest BCUT2D eigenvalue weighted by Crippen LogP contribution is 2.30. The second-order valence-corrected chi connectivity index (χ2v) is 8.32. The minimum Gasteiger partial charge on any atom is -0.508 e. The van der Waals surface area contributed by atoms with Gasteiger partial charge in [-0.25, -0.2) is 4.98 Å². The fourth-order valence-electron chi connectivity index (χ4n) is 3.76. The van der Waals surface area contributed by atoms with E-state index in [4.69, 9.17) is 4.98 Å². The number of carbonyl (C=O) groups is 1. The fourth-order valence-corrected chi connectivity index (χ4v) is 4.94. The predicted molar refractivity (Wildman–Crippen MR) is 110 cm³/mol. The molecule has 6 nitrogen and oxygen atoms in total. The summed E-state index contributed by atoms with van der Waals surface area (Å²) in [7, 11) is 1.70. The Morgan fingerprint density at radius 1 is 1.29 bits per heavy atom. The maximum Gasteiger partial charge on any atom is 0.264 e. The number of hydrogen-bond acceptors (Lipinski definition) is 5. The van der Waals surface area contributed by atoms with Crippen LogP contribution in [0.15, 0.2) is 29.1 Å². The largest absolute Gasteiger partial charge is 0.508 e. The second-order valence-electron chi connectivity index (χ2n) is 7.32. The Hall–Kier alpha value is -2.67. The van der Waals surface area contributed by atoms with Crippen LogP contribution in [0.1, 0.15) is 45.9 Å². The first kappa shape index (κ1) is 18.7. The van der Waals surface area contributed by atoms with Crippen molar-refractivity contribution in [3.8, 4) is 5.75 Å². The minimum absolute atomic E-state index is 0.0296. The van der Waals surface area contributed by atoms with Gasteiger partial charge in [-0.1, -0.05) is 24.6 Å². The van der Waals surface area contributed by atoms with Crippen molar-refractivity contribution in [2.75, 3.05) is 7.05 Å². The molecule has 146 valence electrons. The van der Waals surface area contributed by atoms with Crippen LogP contribution < -0.4 is 5.56 Å². The Balaban J connectivity index is 1.72. The van der Waals surface area contributed by atoms with E-state index in [9.17, 15) is 14.7 Å². The number of fused-ring (bicyclic) bond motifs is 2. The van der Waals surface area contributed by atoms with E-state index in [0.29, 0.717) is 39.3 Å². The summed E-state index contributed by atoms with van der Waals surface area (Å²) in [6.45, 7) is 2.82. The number of phenols is 1. The first-order chi connectivity index (χ1) is 13.5. The molecule has 0 fully saturated rings. The van der Waals surface area contributed by atoms with Crippen molar-refractivity contribution in [2.24, 2.45) is 0 Å². The lowest BCUT2D eigenvalue weighted by Gasteiger charge is -2.17. The van der Waals surface area contributed by atoms with E-state index in [1.54, 1.807) is 34.7 Å². The van der Waals surface area contributed by atoms with Crippen molar-refractivity contribution in [1.82, 2.24) is 14.5 Å². The van der Waals surface area contributed by atoms with Crippen LogP contribution >= 0.6 is 11.3 Å². The first-order valence-electron chi connectivity index (χ1n) is 9.52. The van der Waals surface area contributed by atoms with Gasteiger partial charge in [0.25, 0.3) is 11.5 Å². The third-order valence-corrected chi connectivity index (χ3v) is 6.53. The Bertz CT molecular complexity index is 1120. The third-order valence-electron chi connectivity index (χ3n) is 5.35. The van der Waals surface area contributed by atoms with Crippen LogP contribution in [0.4, 0.5) is 0 Å². The van der Waals surface area contributed by atoms with Crippen molar-refractivity contribution >= 4 is 27.5 Å². The SMILES string of the molecule is Cc1c(C(=O)N(C)Cc2ccccc2O)sc2nc3n(c(=O)c12)CCCCC3. The molecule has 1 aliphatic heterocycles. The van der Waals surface area contributed by atoms with Gasteiger partial charge in [0.1, 0.15) is 16.4 Å². The first-order valence-corrected chi connectivity index (χ1v) is 10.3. The van der Waals surface area contributed by atoms with Crippen LogP contribution in [-0.2, 0) is 19.5 Å². The van der Waals surface area contributed by atoms with Gasteiger partial charge in [0.2, 0.25) is 0 Å². The summed E-state index contributed by atoms with van der Waals surface area (Å²) in [5, 5.41) is 10.5. The Kier molecular flexibility index (Phi) is 4.93. The number of rotatable bonds is 3. The van der Waals surface area contributed by atoms with Crippen LogP contribution in [0.3, 0.4) is 0 Å². The van der Waals surface area contributed by atoms with E-state index in [-0.39, 0.29) is 17.2 Å². The number of carbonyl (C=O) groups excluding carboxylic acids is 1. The molecule has 1 aromatic carbocycles. The molecule has 3 heterocycles. The molecule has 2 aromatic heterocycles. The van der Waals surface area contributed by atoms with E-state index in [2.05, 4.69) is 0 Å². The zero-order chi connectivity index (χ0) is 19.8. The van der Waals surface area contributed by atoms with E-state index in [1.165, 1.54) is 11.3 Å². The molecule has 0 radical (unpaired) electrons. The van der Waals surface area contributed by atoms with Gasteiger partial charge in [-0.2, -0.15) is 0 Å². The number of aromatic nitrogens is 2. The number of aryl methyl sites for hydroxylation is 2. The van der Waals surface area contributed by atoms with Crippen molar-refractivity contribution in [1.29, 1.82) is 0 Å². The monoisotopic (exact) mass is 397 g/mol. The van der Waals surface area contributed by atoms with Gasteiger partial charge in [-0.05, 0) is 31.4 Å². The summed E-state index contributed by atoms with van der Waals surface area (Å²) in [5.74, 6) is 0.833. The number of hydrogen-bond donors (Lipinski definition) is 1. The number of nitrogens with zero attached hydrogens (tertiary/aromatic N) is 3. The highest BCUT2D eigenvalue weighted by atomic mass is 32.1. The molecular formula is C21H23N3O3S. The summed E-state index contributed by atoms with van der Waals surface area (Å²) in [6.07, 6.45) is 3.94. The second kappa shape index (κ2) is 7.39. The number of para-hydroxylation sites is 1. The standard InChI is InChI=1S/C21H23N3O3S/c1-13-17-19(22-16-10-4-3-7-11-24(16)20(17)26)28-18(13)21(27)23(2)12-14-8-5-6-9-15(14)25/h5-6,8-9,25H,3-4,7,10-12H2,1-2H3. The highest BCUT2D eigenvalue weighted by molar-refractivity contribution is 7.20. The van der Waals surface area contributed by atoms with Crippen LogP contribution in [0, 0.1) is 6.92 Å². The van der Waals surface area contributed by atoms with Crippen molar-refractivity contribution in [2.45, 2.75) is 45.7 Å². The van der Waals surface area contributed by atoms with Gasteiger partial charge in [0, 0.05) is 32.1 Å². The van der Waals surface area contributed by atoms with Crippen LogP contribution in [0.2, 0.25) is 0 Å². The average Bonchev–Trinajstić information content (AvgIpc) is 2.85. The van der Waals surface area contributed by atoms with Gasteiger partial charge in [0.15, 0.2) is 0 Å². The molecule has 28 heavy (non-hydrogen) atoms. The maximum atomic E-state index is 13.1. The maximum absolute atomic E-state index is 13.1. The lowest BCUT2D eigenvalue weighted by molar-refractivity contribution is 0.0788. The smallest absolute Gasteiger partial charge is 0.264 e. The molecule has 0 aliphatic carbocycles. The predicted octanol–water partition coefficient (Wildman–Crippen LogP) is 3.47. The molecule has 0 spiro atoms. The highest BCUT2D eigenvalue weighted by Gasteiger charge is 2.24. The number of aromatic hydroxyl groups is 1. The molecule has 0 saturated heterocycles. The van der Waals surface area contributed by atoms with E-state index < -0.39 is 0 Å². The molecule has 7 heteroatoms.